The number of para-hydroxylation sites is 2. The number of hydrogen-bond donors (Lipinski definition) is 1. The van der Waals surface area contributed by atoms with Crippen LogP contribution in [0.2, 0.25) is 5.02 Å². The first kappa shape index (κ1) is 20.7. The Morgan fingerprint density at radius 3 is 2.45 bits per heavy atom. The maximum absolute atomic E-state index is 13.6. The molecule has 1 amide bonds. The van der Waals surface area contributed by atoms with Gasteiger partial charge in [0.05, 0.1) is 21.6 Å². The van der Waals surface area contributed by atoms with Gasteiger partial charge in [-0.05, 0) is 38.1 Å². The number of alkyl halides is 2. The molecule has 2 aromatic carbocycles. The Morgan fingerprint density at radius 2 is 1.76 bits per heavy atom. The number of benzene rings is 2. The Kier molecular flexibility index (Phi) is 6.12. The molecule has 0 fully saturated rings. The average molecular weight is 422 g/mol. The van der Waals surface area contributed by atoms with E-state index in [1.54, 1.807) is 36.4 Å². The summed E-state index contributed by atoms with van der Waals surface area (Å²) in [7, 11) is 0. The summed E-state index contributed by atoms with van der Waals surface area (Å²) in [5.74, 6) is -1.42. The molecule has 0 aliphatic rings. The van der Waals surface area contributed by atoms with Gasteiger partial charge in [-0.3, -0.25) is 9.36 Å². The lowest BCUT2D eigenvalue weighted by Crippen LogP contribution is -2.40. The standard InChI is InChI=1S/C20H18ClF2N3O3/c1-11(24-18(27)13-7-3-4-8-14(13)21)19(28)29-12(2)17-25-15-9-5-6-10-16(15)26(17)20(22)23/h3-12,20H,1-2H3,(H,24,27)/t11-,12?/m0/s1. The number of imidazole rings is 1. The number of carbonyl (C=O) groups is 2. The predicted molar refractivity (Wildman–Crippen MR) is 104 cm³/mol. The summed E-state index contributed by atoms with van der Waals surface area (Å²) >= 11 is 5.97. The molecule has 0 spiro atoms. The molecular weight excluding hydrogens is 404 g/mol. The molecule has 3 rings (SSSR count). The first-order valence-corrected chi connectivity index (χ1v) is 9.18. The highest BCUT2D eigenvalue weighted by Crippen LogP contribution is 2.28. The van der Waals surface area contributed by atoms with E-state index in [0.717, 1.165) is 4.57 Å². The van der Waals surface area contributed by atoms with Gasteiger partial charge in [-0.15, -0.1) is 0 Å². The SMILES string of the molecule is CC(OC(=O)[C@H](C)NC(=O)c1ccccc1Cl)c1nc2ccccc2n1C(F)F. The molecule has 1 aromatic heterocycles. The summed E-state index contributed by atoms with van der Waals surface area (Å²) in [6.07, 6.45) is -1.05. The van der Waals surface area contributed by atoms with Crippen LogP contribution in [0.25, 0.3) is 11.0 Å². The topological polar surface area (TPSA) is 73.2 Å². The van der Waals surface area contributed by atoms with Crippen LogP contribution >= 0.6 is 11.6 Å². The van der Waals surface area contributed by atoms with Crippen molar-refractivity contribution in [3.8, 4) is 0 Å². The molecule has 2 atom stereocenters. The summed E-state index contributed by atoms with van der Waals surface area (Å²) in [5.41, 5.74) is 0.813. The second kappa shape index (κ2) is 8.57. The van der Waals surface area contributed by atoms with Crippen LogP contribution < -0.4 is 5.32 Å². The number of nitrogens with one attached hydrogen (secondary N) is 1. The van der Waals surface area contributed by atoms with Crippen LogP contribution in [0.15, 0.2) is 48.5 Å². The normalized spacial score (nSPS) is 13.3. The van der Waals surface area contributed by atoms with Gasteiger partial charge in [0.25, 0.3) is 5.91 Å². The summed E-state index contributed by atoms with van der Waals surface area (Å²) in [5, 5.41) is 2.72. The number of ether oxygens (including phenoxy) is 1. The van der Waals surface area contributed by atoms with Gasteiger partial charge in [-0.2, -0.15) is 8.78 Å². The van der Waals surface area contributed by atoms with Crippen molar-refractivity contribution in [2.75, 3.05) is 0 Å². The third-order valence-electron chi connectivity index (χ3n) is 4.29. The van der Waals surface area contributed by atoms with Gasteiger partial charge in [-0.1, -0.05) is 35.9 Å². The lowest BCUT2D eigenvalue weighted by molar-refractivity contribution is -0.151. The monoisotopic (exact) mass is 421 g/mol. The lowest BCUT2D eigenvalue weighted by Gasteiger charge is -2.18. The minimum atomic E-state index is -2.85. The van der Waals surface area contributed by atoms with Gasteiger partial charge < -0.3 is 10.1 Å². The summed E-state index contributed by atoms with van der Waals surface area (Å²) < 4.78 is 33.1. The molecule has 29 heavy (non-hydrogen) atoms. The van der Waals surface area contributed by atoms with E-state index in [1.807, 2.05) is 0 Å². The number of amides is 1. The maximum Gasteiger partial charge on any atom is 0.329 e. The fourth-order valence-electron chi connectivity index (χ4n) is 2.86. The molecule has 0 bridgehead atoms. The molecule has 0 radical (unpaired) electrons. The van der Waals surface area contributed by atoms with Crippen molar-refractivity contribution in [3.63, 3.8) is 0 Å². The number of halogens is 3. The van der Waals surface area contributed by atoms with E-state index in [4.69, 9.17) is 16.3 Å². The molecule has 0 aliphatic heterocycles. The second-order valence-corrected chi connectivity index (χ2v) is 6.77. The van der Waals surface area contributed by atoms with Crippen molar-refractivity contribution in [1.82, 2.24) is 14.9 Å². The first-order chi connectivity index (χ1) is 13.8. The Labute approximate surface area is 170 Å². The fourth-order valence-corrected chi connectivity index (χ4v) is 3.08. The number of aromatic nitrogens is 2. The van der Waals surface area contributed by atoms with E-state index >= 15 is 0 Å². The van der Waals surface area contributed by atoms with Crippen molar-refractivity contribution < 1.29 is 23.1 Å². The van der Waals surface area contributed by atoms with Crippen molar-refractivity contribution in [3.05, 3.63) is 64.9 Å². The van der Waals surface area contributed by atoms with Crippen LogP contribution in [-0.2, 0) is 9.53 Å². The molecule has 0 saturated heterocycles. The van der Waals surface area contributed by atoms with Crippen molar-refractivity contribution >= 4 is 34.5 Å². The Balaban J connectivity index is 1.73. The zero-order valence-electron chi connectivity index (χ0n) is 15.6. The zero-order valence-corrected chi connectivity index (χ0v) is 16.4. The van der Waals surface area contributed by atoms with Gasteiger partial charge in [-0.25, -0.2) is 9.78 Å². The molecule has 0 aliphatic carbocycles. The maximum atomic E-state index is 13.6. The van der Waals surface area contributed by atoms with Crippen LogP contribution in [-0.4, -0.2) is 27.5 Å². The Hall–Kier alpha value is -3.00. The summed E-state index contributed by atoms with van der Waals surface area (Å²) in [4.78, 5) is 28.8. The molecule has 1 N–H and O–H groups in total. The van der Waals surface area contributed by atoms with E-state index in [1.165, 1.54) is 26.0 Å². The quantitative estimate of drug-likeness (QED) is 0.594. The van der Waals surface area contributed by atoms with E-state index in [0.29, 0.717) is 5.52 Å². The number of hydrogen-bond acceptors (Lipinski definition) is 4. The van der Waals surface area contributed by atoms with Crippen molar-refractivity contribution in [2.45, 2.75) is 32.5 Å². The molecule has 0 saturated carbocycles. The molecule has 6 nitrogen and oxygen atoms in total. The van der Waals surface area contributed by atoms with Crippen LogP contribution in [0.4, 0.5) is 8.78 Å². The van der Waals surface area contributed by atoms with Crippen LogP contribution in [0, 0.1) is 0 Å². The second-order valence-electron chi connectivity index (χ2n) is 6.36. The molecular formula is C20H18ClF2N3O3. The molecule has 3 aromatic rings. The largest absolute Gasteiger partial charge is 0.453 e. The van der Waals surface area contributed by atoms with Crippen LogP contribution in [0.5, 0.6) is 0 Å². The summed E-state index contributed by atoms with van der Waals surface area (Å²) in [6, 6.07) is 11.8. The van der Waals surface area contributed by atoms with Crippen LogP contribution in [0.1, 0.15) is 42.7 Å². The van der Waals surface area contributed by atoms with E-state index < -0.39 is 30.6 Å². The number of fused-ring (bicyclic) bond motifs is 1. The van der Waals surface area contributed by atoms with Gasteiger partial charge in [0, 0.05) is 0 Å². The predicted octanol–water partition coefficient (Wildman–Crippen LogP) is 4.51. The van der Waals surface area contributed by atoms with Gasteiger partial charge in [0.2, 0.25) is 0 Å². The van der Waals surface area contributed by atoms with E-state index in [-0.39, 0.29) is 21.9 Å². The fraction of sp³-hybridized carbons (Fsp3) is 0.250. The molecule has 152 valence electrons. The first-order valence-electron chi connectivity index (χ1n) is 8.80. The van der Waals surface area contributed by atoms with Gasteiger partial charge in [0.15, 0.2) is 11.9 Å². The average Bonchev–Trinajstić information content (AvgIpc) is 3.08. The number of rotatable bonds is 6. The minimum Gasteiger partial charge on any atom is -0.453 e. The number of esters is 1. The van der Waals surface area contributed by atoms with E-state index in [9.17, 15) is 18.4 Å². The third kappa shape index (κ3) is 4.37. The highest BCUT2D eigenvalue weighted by atomic mass is 35.5. The molecule has 1 heterocycles. The lowest BCUT2D eigenvalue weighted by atomic mass is 10.2. The molecule has 9 heteroatoms. The Morgan fingerprint density at radius 1 is 1.10 bits per heavy atom. The van der Waals surface area contributed by atoms with Gasteiger partial charge in [0.1, 0.15) is 6.04 Å². The van der Waals surface area contributed by atoms with Gasteiger partial charge >= 0.3 is 12.5 Å². The van der Waals surface area contributed by atoms with E-state index in [2.05, 4.69) is 10.3 Å². The number of carbonyl (C=O) groups excluding carboxylic acids is 2. The smallest absolute Gasteiger partial charge is 0.329 e. The highest BCUT2D eigenvalue weighted by molar-refractivity contribution is 6.33. The Bertz CT molecular complexity index is 1050. The third-order valence-corrected chi connectivity index (χ3v) is 4.62. The molecule has 1 unspecified atom stereocenters. The van der Waals surface area contributed by atoms with Crippen molar-refractivity contribution in [2.24, 2.45) is 0 Å². The zero-order chi connectivity index (χ0) is 21.1. The minimum absolute atomic E-state index is 0.0841. The van der Waals surface area contributed by atoms with Crippen LogP contribution in [0.3, 0.4) is 0 Å². The van der Waals surface area contributed by atoms with Crippen molar-refractivity contribution in [1.29, 1.82) is 0 Å². The number of nitrogens with zero attached hydrogens (tertiary/aromatic N) is 2. The highest BCUT2D eigenvalue weighted by Gasteiger charge is 2.27. The summed E-state index contributed by atoms with van der Waals surface area (Å²) in [6.45, 7) is 0.0245.